The monoisotopic (exact) mass is 337 g/mol. The zero-order valence-corrected chi connectivity index (χ0v) is 13.9. The van der Waals surface area contributed by atoms with Gasteiger partial charge in [0, 0.05) is 19.6 Å². The smallest absolute Gasteiger partial charge is 0.118 e. The Kier molecular flexibility index (Phi) is 4.83. The van der Waals surface area contributed by atoms with E-state index in [0.29, 0.717) is 0 Å². The van der Waals surface area contributed by atoms with Crippen LogP contribution in [-0.2, 0) is 13.6 Å². The van der Waals surface area contributed by atoms with Gasteiger partial charge in [-0.25, -0.2) is 0 Å². The summed E-state index contributed by atoms with van der Waals surface area (Å²) in [7, 11) is 3.64. The first-order chi connectivity index (χ1) is 9.52. The first-order valence-corrected chi connectivity index (χ1v) is 7.37. The molecule has 20 heavy (non-hydrogen) atoms. The highest BCUT2D eigenvalue weighted by Gasteiger charge is 2.12. The second-order valence-corrected chi connectivity index (χ2v) is 5.64. The van der Waals surface area contributed by atoms with Gasteiger partial charge in [0.05, 0.1) is 23.0 Å². The Bertz CT molecular complexity index is 578. The lowest BCUT2D eigenvalue weighted by Crippen LogP contribution is -2.20. The summed E-state index contributed by atoms with van der Waals surface area (Å²) in [6.45, 7) is 4.92. The van der Waals surface area contributed by atoms with E-state index in [9.17, 15) is 0 Å². The van der Waals surface area contributed by atoms with Crippen molar-refractivity contribution in [3.63, 3.8) is 0 Å². The van der Waals surface area contributed by atoms with Crippen molar-refractivity contribution in [1.82, 2.24) is 15.1 Å². The van der Waals surface area contributed by atoms with Crippen LogP contribution in [0, 0.1) is 6.92 Å². The van der Waals surface area contributed by atoms with Crippen molar-refractivity contribution < 1.29 is 4.74 Å². The van der Waals surface area contributed by atoms with Crippen molar-refractivity contribution in [2.75, 3.05) is 7.11 Å². The second kappa shape index (κ2) is 6.41. The van der Waals surface area contributed by atoms with Crippen LogP contribution < -0.4 is 10.1 Å². The van der Waals surface area contributed by atoms with Gasteiger partial charge in [0.1, 0.15) is 5.75 Å². The SMILES string of the molecule is COc1ccc([C@H](C)NCc2c(Br)c(C)nn2C)cc1. The molecule has 0 aliphatic carbocycles. The van der Waals surface area contributed by atoms with Crippen LogP contribution in [-0.4, -0.2) is 16.9 Å². The number of rotatable bonds is 5. The second-order valence-electron chi connectivity index (χ2n) is 4.85. The number of ether oxygens (including phenoxy) is 1. The summed E-state index contributed by atoms with van der Waals surface area (Å²) in [5.41, 5.74) is 3.41. The van der Waals surface area contributed by atoms with Gasteiger partial charge in [-0.15, -0.1) is 0 Å². The maximum Gasteiger partial charge on any atom is 0.118 e. The zero-order valence-electron chi connectivity index (χ0n) is 12.3. The molecular weight excluding hydrogens is 318 g/mol. The lowest BCUT2D eigenvalue weighted by atomic mass is 10.1. The minimum Gasteiger partial charge on any atom is -0.497 e. The molecule has 0 fully saturated rings. The van der Waals surface area contributed by atoms with Crippen LogP contribution in [0.4, 0.5) is 0 Å². The Balaban J connectivity index is 2.02. The Hall–Kier alpha value is -1.33. The Labute approximate surface area is 128 Å². The molecule has 1 aromatic carbocycles. The van der Waals surface area contributed by atoms with E-state index in [-0.39, 0.29) is 6.04 Å². The normalized spacial score (nSPS) is 12.4. The van der Waals surface area contributed by atoms with Gasteiger partial charge in [0.15, 0.2) is 0 Å². The number of nitrogens with zero attached hydrogens (tertiary/aromatic N) is 2. The van der Waals surface area contributed by atoms with Crippen molar-refractivity contribution in [3.8, 4) is 5.75 Å². The van der Waals surface area contributed by atoms with Gasteiger partial charge < -0.3 is 10.1 Å². The van der Waals surface area contributed by atoms with Gasteiger partial charge in [0.25, 0.3) is 0 Å². The lowest BCUT2D eigenvalue weighted by Gasteiger charge is -2.15. The van der Waals surface area contributed by atoms with E-state index in [0.717, 1.165) is 28.2 Å². The number of nitrogens with one attached hydrogen (secondary N) is 1. The summed E-state index contributed by atoms with van der Waals surface area (Å²) in [4.78, 5) is 0. The molecule has 1 heterocycles. The summed E-state index contributed by atoms with van der Waals surface area (Å²) >= 11 is 3.59. The van der Waals surface area contributed by atoms with Gasteiger partial charge in [-0.1, -0.05) is 12.1 Å². The lowest BCUT2D eigenvalue weighted by molar-refractivity contribution is 0.414. The minimum atomic E-state index is 0.267. The zero-order chi connectivity index (χ0) is 14.7. The molecule has 0 spiro atoms. The molecule has 2 rings (SSSR count). The van der Waals surface area contributed by atoms with Gasteiger partial charge >= 0.3 is 0 Å². The van der Waals surface area contributed by atoms with E-state index >= 15 is 0 Å². The predicted molar refractivity (Wildman–Crippen MR) is 83.9 cm³/mol. The van der Waals surface area contributed by atoms with Crippen molar-refractivity contribution in [2.24, 2.45) is 7.05 Å². The molecule has 5 heteroatoms. The molecule has 0 aliphatic rings. The van der Waals surface area contributed by atoms with Crippen molar-refractivity contribution in [2.45, 2.75) is 26.4 Å². The first kappa shape index (κ1) is 15.1. The van der Waals surface area contributed by atoms with E-state index in [1.807, 2.05) is 30.8 Å². The van der Waals surface area contributed by atoms with Crippen LogP contribution >= 0.6 is 15.9 Å². The van der Waals surface area contributed by atoms with E-state index in [2.05, 4.69) is 45.4 Å². The summed E-state index contributed by atoms with van der Waals surface area (Å²) in [6.07, 6.45) is 0. The molecule has 108 valence electrons. The highest BCUT2D eigenvalue weighted by molar-refractivity contribution is 9.10. The third kappa shape index (κ3) is 3.22. The molecule has 2 aromatic rings. The quantitative estimate of drug-likeness (QED) is 0.909. The number of methoxy groups -OCH3 is 1. The van der Waals surface area contributed by atoms with Gasteiger partial charge in [-0.3, -0.25) is 4.68 Å². The van der Waals surface area contributed by atoms with E-state index in [4.69, 9.17) is 4.74 Å². The molecule has 0 saturated heterocycles. The van der Waals surface area contributed by atoms with Crippen molar-refractivity contribution >= 4 is 15.9 Å². The number of hydrogen-bond donors (Lipinski definition) is 1. The number of aryl methyl sites for hydroxylation is 2. The number of benzene rings is 1. The third-order valence-corrected chi connectivity index (χ3v) is 4.48. The van der Waals surface area contributed by atoms with Gasteiger partial charge in [0.2, 0.25) is 0 Å². The fraction of sp³-hybridized carbons (Fsp3) is 0.400. The molecule has 1 N–H and O–H groups in total. The molecule has 1 atom stereocenters. The third-order valence-electron chi connectivity index (χ3n) is 3.45. The van der Waals surface area contributed by atoms with Crippen molar-refractivity contribution in [1.29, 1.82) is 0 Å². The molecule has 0 amide bonds. The average Bonchev–Trinajstić information content (AvgIpc) is 2.70. The van der Waals surface area contributed by atoms with Crippen LogP contribution in [0.3, 0.4) is 0 Å². The average molecular weight is 338 g/mol. The minimum absolute atomic E-state index is 0.267. The summed E-state index contributed by atoms with van der Waals surface area (Å²) in [6, 6.07) is 8.40. The fourth-order valence-corrected chi connectivity index (χ4v) is 2.61. The molecule has 1 aromatic heterocycles. The molecule has 4 nitrogen and oxygen atoms in total. The molecule has 0 radical (unpaired) electrons. The molecule has 0 bridgehead atoms. The number of halogens is 1. The van der Waals surface area contributed by atoms with Crippen LogP contribution in [0.2, 0.25) is 0 Å². The van der Waals surface area contributed by atoms with Crippen molar-refractivity contribution in [3.05, 3.63) is 45.7 Å². The molecule has 0 aliphatic heterocycles. The largest absolute Gasteiger partial charge is 0.497 e. The topological polar surface area (TPSA) is 39.1 Å². The van der Waals surface area contributed by atoms with Crippen LogP contribution in [0.5, 0.6) is 5.75 Å². The number of hydrogen-bond acceptors (Lipinski definition) is 3. The van der Waals surface area contributed by atoms with Gasteiger partial charge in [-0.2, -0.15) is 5.10 Å². The maximum atomic E-state index is 5.17. The predicted octanol–water partition coefficient (Wildman–Crippen LogP) is 3.35. The summed E-state index contributed by atoms with van der Waals surface area (Å²) in [5, 5.41) is 7.91. The molecule has 0 unspecified atom stereocenters. The summed E-state index contributed by atoms with van der Waals surface area (Å²) < 4.78 is 8.16. The van der Waals surface area contributed by atoms with E-state index in [1.54, 1.807) is 7.11 Å². The standard InChI is InChI=1S/C15H20BrN3O/c1-10(12-5-7-13(20-4)8-6-12)17-9-14-15(16)11(2)18-19(14)3/h5-8,10,17H,9H2,1-4H3/t10-/m0/s1. The fourth-order valence-electron chi connectivity index (χ4n) is 2.13. The van der Waals surface area contributed by atoms with Crippen LogP contribution in [0.25, 0.3) is 0 Å². The Morgan fingerprint density at radius 3 is 2.50 bits per heavy atom. The Morgan fingerprint density at radius 1 is 1.35 bits per heavy atom. The summed E-state index contributed by atoms with van der Waals surface area (Å²) in [5.74, 6) is 0.881. The Morgan fingerprint density at radius 2 is 2.00 bits per heavy atom. The van der Waals surface area contributed by atoms with E-state index < -0.39 is 0 Å². The highest BCUT2D eigenvalue weighted by Crippen LogP contribution is 2.22. The highest BCUT2D eigenvalue weighted by atomic mass is 79.9. The van der Waals surface area contributed by atoms with Gasteiger partial charge in [-0.05, 0) is 47.5 Å². The molecular formula is C15H20BrN3O. The van der Waals surface area contributed by atoms with E-state index in [1.165, 1.54) is 5.56 Å². The van der Waals surface area contributed by atoms with Crippen LogP contribution in [0.15, 0.2) is 28.7 Å². The molecule has 0 saturated carbocycles. The first-order valence-electron chi connectivity index (χ1n) is 6.58. The van der Waals surface area contributed by atoms with Crippen LogP contribution in [0.1, 0.15) is 29.9 Å². The maximum absolute atomic E-state index is 5.17. The number of aromatic nitrogens is 2.